The summed E-state index contributed by atoms with van der Waals surface area (Å²) in [5.41, 5.74) is -0.741. The van der Waals surface area contributed by atoms with Gasteiger partial charge in [-0.05, 0) is 31.6 Å². The minimum Gasteiger partial charge on any atom is -0.481 e. The third-order valence-corrected chi connectivity index (χ3v) is 3.22. The van der Waals surface area contributed by atoms with Crippen LogP contribution in [0.1, 0.15) is 33.6 Å². The lowest BCUT2D eigenvalue weighted by Gasteiger charge is -2.28. The third-order valence-electron chi connectivity index (χ3n) is 3.22. The van der Waals surface area contributed by atoms with Gasteiger partial charge in [0.25, 0.3) is 0 Å². The van der Waals surface area contributed by atoms with Gasteiger partial charge in [0.1, 0.15) is 0 Å². The van der Waals surface area contributed by atoms with E-state index < -0.39 is 11.4 Å². The van der Waals surface area contributed by atoms with E-state index in [9.17, 15) is 4.79 Å². The van der Waals surface area contributed by atoms with Gasteiger partial charge in [-0.3, -0.25) is 4.79 Å². The van der Waals surface area contributed by atoms with E-state index >= 15 is 0 Å². The van der Waals surface area contributed by atoms with Crippen LogP contribution in [-0.2, 0) is 9.53 Å². The van der Waals surface area contributed by atoms with Gasteiger partial charge in [-0.1, -0.05) is 13.8 Å². The van der Waals surface area contributed by atoms with Gasteiger partial charge in [0.15, 0.2) is 0 Å². The number of carboxylic acids is 1. The molecule has 0 bridgehead atoms. The van der Waals surface area contributed by atoms with Crippen molar-refractivity contribution >= 4 is 5.97 Å². The summed E-state index contributed by atoms with van der Waals surface area (Å²) in [5.74, 6) is 0.0303. The summed E-state index contributed by atoms with van der Waals surface area (Å²) in [6.45, 7) is 6.67. The van der Waals surface area contributed by atoms with Gasteiger partial charge in [-0.2, -0.15) is 0 Å². The van der Waals surface area contributed by atoms with Crippen molar-refractivity contribution in [3.05, 3.63) is 0 Å². The van der Waals surface area contributed by atoms with Gasteiger partial charge < -0.3 is 9.84 Å². The normalized spacial score (nSPS) is 20.9. The maximum atomic E-state index is 11.1. The fourth-order valence-electron chi connectivity index (χ4n) is 1.20. The molecule has 0 aromatic heterocycles. The lowest BCUT2D eigenvalue weighted by atomic mass is 9.80. The molecule has 0 aliphatic heterocycles. The Hall–Kier alpha value is -0.570. The molecule has 1 N–H and O–H groups in total. The number of hydrogen-bond donors (Lipinski definition) is 1. The average Bonchev–Trinajstić information content (AvgIpc) is 2.87. The van der Waals surface area contributed by atoms with Gasteiger partial charge in [-0.15, -0.1) is 0 Å². The van der Waals surface area contributed by atoms with Crippen molar-refractivity contribution in [2.45, 2.75) is 33.6 Å². The Morgan fingerprint density at radius 2 is 2.14 bits per heavy atom. The Balaban J connectivity index is 2.37. The first kappa shape index (κ1) is 11.5. The van der Waals surface area contributed by atoms with Gasteiger partial charge in [0.05, 0.1) is 12.0 Å². The molecule has 1 atom stereocenters. The average molecular weight is 200 g/mol. The molecule has 1 saturated carbocycles. The lowest BCUT2D eigenvalue weighted by molar-refractivity contribution is -0.155. The van der Waals surface area contributed by atoms with Crippen LogP contribution in [0.25, 0.3) is 0 Å². The van der Waals surface area contributed by atoms with Crippen LogP contribution in [0.15, 0.2) is 0 Å². The molecule has 0 saturated heterocycles. The molecule has 3 heteroatoms. The molecule has 14 heavy (non-hydrogen) atoms. The standard InChI is InChI=1S/C11H20O3/c1-8(2)11(3,10(12)13)7-14-6-9-4-5-9/h8-9H,4-7H2,1-3H3,(H,12,13). The zero-order chi connectivity index (χ0) is 10.8. The molecular weight excluding hydrogens is 180 g/mol. The molecule has 3 nitrogen and oxygen atoms in total. The molecule has 82 valence electrons. The molecule has 0 spiro atoms. The first-order valence-corrected chi connectivity index (χ1v) is 5.28. The van der Waals surface area contributed by atoms with Crippen molar-refractivity contribution in [2.75, 3.05) is 13.2 Å². The highest BCUT2D eigenvalue weighted by Crippen LogP contribution is 2.31. The van der Waals surface area contributed by atoms with E-state index in [1.807, 2.05) is 13.8 Å². The van der Waals surface area contributed by atoms with Crippen molar-refractivity contribution in [1.82, 2.24) is 0 Å². The second-order valence-electron chi connectivity index (χ2n) is 4.84. The topological polar surface area (TPSA) is 46.5 Å². The summed E-state index contributed by atoms with van der Waals surface area (Å²) in [6, 6.07) is 0. The molecule has 0 aromatic carbocycles. The summed E-state index contributed by atoms with van der Waals surface area (Å²) in [6.07, 6.45) is 2.48. The van der Waals surface area contributed by atoms with Crippen molar-refractivity contribution in [1.29, 1.82) is 0 Å². The fraction of sp³-hybridized carbons (Fsp3) is 0.909. The van der Waals surface area contributed by atoms with E-state index in [0.717, 1.165) is 6.61 Å². The summed E-state index contributed by atoms with van der Waals surface area (Å²) >= 11 is 0. The van der Waals surface area contributed by atoms with Crippen LogP contribution < -0.4 is 0 Å². The summed E-state index contributed by atoms with van der Waals surface area (Å²) < 4.78 is 5.46. The Bertz CT molecular complexity index is 209. The Kier molecular flexibility index (Phi) is 3.53. The molecular formula is C11H20O3. The van der Waals surface area contributed by atoms with Crippen LogP contribution in [0, 0.1) is 17.3 Å². The second-order valence-corrected chi connectivity index (χ2v) is 4.84. The van der Waals surface area contributed by atoms with Gasteiger partial charge in [-0.25, -0.2) is 0 Å². The maximum absolute atomic E-state index is 11.1. The first-order valence-electron chi connectivity index (χ1n) is 5.28. The number of aliphatic carboxylic acids is 1. The summed E-state index contributed by atoms with van der Waals surface area (Å²) in [4.78, 5) is 11.1. The molecule has 0 aromatic rings. The Labute approximate surface area is 85.5 Å². The molecule has 0 radical (unpaired) electrons. The van der Waals surface area contributed by atoms with Gasteiger partial charge >= 0.3 is 5.97 Å². The molecule has 1 aliphatic carbocycles. The van der Waals surface area contributed by atoms with Crippen LogP contribution in [0.5, 0.6) is 0 Å². The number of ether oxygens (including phenoxy) is 1. The van der Waals surface area contributed by atoms with Crippen LogP contribution >= 0.6 is 0 Å². The largest absolute Gasteiger partial charge is 0.481 e. The van der Waals surface area contributed by atoms with E-state index in [4.69, 9.17) is 9.84 Å². The van der Waals surface area contributed by atoms with Crippen molar-refractivity contribution < 1.29 is 14.6 Å². The van der Waals surface area contributed by atoms with E-state index in [1.54, 1.807) is 6.92 Å². The number of carboxylic acid groups (broad SMARTS) is 1. The zero-order valence-corrected chi connectivity index (χ0v) is 9.25. The van der Waals surface area contributed by atoms with Crippen molar-refractivity contribution in [2.24, 2.45) is 17.3 Å². The van der Waals surface area contributed by atoms with Crippen LogP contribution in [0.4, 0.5) is 0 Å². The van der Waals surface area contributed by atoms with Crippen LogP contribution in [-0.4, -0.2) is 24.3 Å². The minimum absolute atomic E-state index is 0.0965. The predicted molar refractivity (Wildman–Crippen MR) is 54.1 cm³/mol. The van der Waals surface area contributed by atoms with Gasteiger partial charge in [0.2, 0.25) is 0 Å². The predicted octanol–water partition coefficient (Wildman–Crippen LogP) is 2.16. The van der Waals surface area contributed by atoms with Crippen molar-refractivity contribution in [3.8, 4) is 0 Å². The number of hydrogen-bond acceptors (Lipinski definition) is 2. The minimum atomic E-state index is -0.761. The SMILES string of the molecule is CC(C)C(C)(COCC1CC1)C(=O)O. The third kappa shape index (κ3) is 2.71. The zero-order valence-electron chi connectivity index (χ0n) is 9.25. The van der Waals surface area contributed by atoms with E-state index in [0.29, 0.717) is 12.5 Å². The van der Waals surface area contributed by atoms with Crippen LogP contribution in [0.3, 0.4) is 0 Å². The molecule has 1 fully saturated rings. The lowest BCUT2D eigenvalue weighted by Crippen LogP contribution is -2.38. The molecule has 0 amide bonds. The molecule has 1 unspecified atom stereocenters. The van der Waals surface area contributed by atoms with Crippen LogP contribution in [0.2, 0.25) is 0 Å². The number of carbonyl (C=O) groups is 1. The fourth-order valence-corrected chi connectivity index (χ4v) is 1.20. The highest BCUT2D eigenvalue weighted by molar-refractivity contribution is 5.74. The molecule has 1 rings (SSSR count). The highest BCUT2D eigenvalue weighted by atomic mass is 16.5. The first-order chi connectivity index (χ1) is 6.47. The van der Waals surface area contributed by atoms with Crippen molar-refractivity contribution in [3.63, 3.8) is 0 Å². The smallest absolute Gasteiger partial charge is 0.311 e. The molecule has 0 heterocycles. The summed E-state index contributed by atoms with van der Waals surface area (Å²) in [7, 11) is 0. The van der Waals surface area contributed by atoms with E-state index in [-0.39, 0.29) is 5.92 Å². The summed E-state index contributed by atoms with van der Waals surface area (Å²) in [5, 5.41) is 9.10. The van der Waals surface area contributed by atoms with Gasteiger partial charge in [0, 0.05) is 6.61 Å². The second kappa shape index (κ2) is 4.30. The monoisotopic (exact) mass is 200 g/mol. The van der Waals surface area contributed by atoms with E-state index in [1.165, 1.54) is 12.8 Å². The Morgan fingerprint density at radius 3 is 2.50 bits per heavy atom. The quantitative estimate of drug-likeness (QED) is 0.714. The van der Waals surface area contributed by atoms with E-state index in [2.05, 4.69) is 0 Å². The Morgan fingerprint density at radius 1 is 1.57 bits per heavy atom. The maximum Gasteiger partial charge on any atom is 0.311 e. The number of rotatable bonds is 6. The highest BCUT2D eigenvalue weighted by Gasteiger charge is 2.37. The molecule has 1 aliphatic rings.